The van der Waals surface area contributed by atoms with Crippen molar-refractivity contribution in [2.75, 3.05) is 0 Å². The summed E-state index contributed by atoms with van der Waals surface area (Å²) in [4.78, 5) is 0. The van der Waals surface area contributed by atoms with Crippen LogP contribution in [0.2, 0.25) is 0 Å². The number of aromatic nitrogens is 1. The van der Waals surface area contributed by atoms with Crippen LogP contribution in [0.4, 0.5) is 0 Å². The molecular formula is C14H15BrN2. The van der Waals surface area contributed by atoms with Gasteiger partial charge in [0.15, 0.2) is 0 Å². The predicted octanol–water partition coefficient (Wildman–Crippen LogP) is 4.24. The van der Waals surface area contributed by atoms with Crippen LogP contribution in [0.5, 0.6) is 0 Å². The van der Waals surface area contributed by atoms with E-state index in [1.54, 1.807) is 0 Å². The quantitative estimate of drug-likeness (QED) is 0.813. The van der Waals surface area contributed by atoms with E-state index in [0.717, 1.165) is 27.5 Å². The number of benzene rings is 1. The van der Waals surface area contributed by atoms with Gasteiger partial charge in [0.25, 0.3) is 0 Å². The minimum atomic E-state index is 0.570. The number of rotatable bonds is 2. The van der Waals surface area contributed by atoms with Gasteiger partial charge in [0.1, 0.15) is 6.07 Å². The van der Waals surface area contributed by atoms with Gasteiger partial charge < -0.3 is 4.57 Å². The van der Waals surface area contributed by atoms with Crippen LogP contribution >= 0.6 is 15.9 Å². The molecule has 1 heterocycles. The zero-order valence-electron chi connectivity index (χ0n) is 10.3. The van der Waals surface area contributed by atoms with E-state index in [2.05, 4.69) is 59.6 Å². The lowest BCUT2D eigenvalue weighted by Crippen LogP contribution is -2.03. The minimum absolute atomic E-state index is 0.570. The van der Waals surface area contributed by atoms with E-state index in [-0.39, 0.29) is 0 Å². The fourth-order valence-electron chi connectivity index (χ4n) is 2.20. The van der Waals surface area contributed by atoms with Crippen molar-refractivity contribution in [1.82, 2.24) is 4.57 Å². The number of aryl methyl sites for hydroxylation is 1. The number of halogens is 1. The number of nitrogens with zero attached hydrogens (tertiary/aromatic N) is 2. The molecule has 0 amide bonds. The molecule has 0 radical (unpaired) electrons. The molecule has 0 aliphatic heterocycles. The third kappa shape index (κ3) is 2.23. The maximum absolute atomic E-state index is 9.24. The van der Waals surface area contributed by atoms with Crippen molar-refractivity contribution in [3.63, 3.8) is 0 Å². The molecule has 0 unspecified atom stereocenters. The summed E-state index contributed by atoms with van der Waals surface area (Å²) in [7, 11) is 0. The average molecular weight is 291 g/mol. The molecule has 0 spiro atoms. The van der Waals surface area contributed by atoms with Crippen molar-refractivity contribution in [2.24, 2.45) is 5.92 Å². The molecule has 0 bridgehead atoms. The Kier molecular flexibility index (Phi) is 3.26. The van der Waals surface area contributed by atoms with Crippen LogP contribution in [-0.2, 0) is 6.54 Å². The summed E-state index contributed by atoms with van der Waals surface area (Å²) in [6, 6.07) is 6.26. The highest BCUT2D eigenvalue weighted by Crippen LogP contribution is 2.28. The molecule has 1 aromatic carbocycles. The topological polar surface area (TPSA) is 28.7 Å². The lowest BCUT2D eigenvalue weighted by molar-refractivity contribution is 0.534. The first-order valence-corrected chi connectivity index (χ1v) is 6.51. The number of nitriles is 1. The Morgan fingerprint density at radius 2 is 2.12 bits per heavy atom. The first kappa shape index (κ1) is 12.2. The maximum Gasteiger partial charge on any atom is 0.101 e. The van der Waals surface area contributed by atoms with Crippen molar-refractivity contribution in [1.29, 1.82) is 5.26 Å². The Bertz CT molecular complexity index is 603. The number of fused-ring (bicyclic) bond motifs is 1. The smallest absolute Gasteiger partial charge is 0.101 e. The van der Waals surface area contributed by atoms with Crippen LogP contribution in [0.15, 0.2) is 22.8 Å². The highest BCUT2D eigenvalue weighted by atomic mass is 79.9. The molecule has 0 fully saturated rings. The number of hydrogen-bond donors (Lipinski definition) is 0. The molecule has 0 aliphatic rings. The van der Waals surface area contributed by atoms with Gasteiger partial charge >= 0.3 is 0 Å². The molecule has 17 heavy (non-hydrogen) atoms. The molecule has 2 aromatic rings. The van der Waals surface area contributed by atoms with Crippen LogP contribution < -0.4 is 0 Å². The van der Waals surface area contributed by atoms with E-state index in [0.29, 0.717) is 5.92 Å². The van der Waals surface area contributed by atoms with Crippen molar-refractivity contribution in [3.05, 3.63) is 33.9 Å². The van der Waals surface area contributed by atoms with Gasteiger partial charge in [-0.3, -0.25) is 0 Å². The van der Waals surface area contributed by atoms with Crippen molar-refractivity contribution >= 4 is 26.8 Å². The molecular weight excluding hydrogens is 276 g/mol. The van der Waals surface area contributed by atoms with Crippen molar-refractivity contribution in [2.45, 2.75) is 27.3 Å². The minimum Gasteiger partial charge on any atom is -0.346 e. The molecule has 3 heteroatoms. The molecule has 1 aromatic heterocycles. The van der Waals surface area contributed by atoms with E-state index < -0.39 is 0 Å². The fraction of sp³-hybridized carbons (Fsp3) is 0.357. The molecule has 2 rings (SSSR count). The molecule has 0 aliphatic carbocycles. The van der Waals surface area contributed by atoms with Crippen LogP contribution in [-0.4, -0.2) is 4.57 Å². The zero-order chi connectivity index (χ0) is 12.6. The predicted molar refractivity (Wildman–Crippen MR) is 73.9 cm³/mol. The monoisotopic (exact) mass is 290 g/mol. The standard InChI is InChI=1S/C14H15BrN2/c1-9(2)7-17-8-10(3)13-5-12(15)4-11(6-16)14(13)17/h4-5,8-9H,7H2,1-3H3. The highest BCUT2D eigenvalue weighted by Gasteiger charge is 2.12. The third-order valence-corrected chi connectivity index (χ3v) is 3.28. The number of hydrogen-bond acceptors (Lipinski definition) is 1. The van der Waals surface area contributed by atoms with E-state index in [1.165, 1.54) is 5.56 Å². The second kappa shape index (κ2) is 4.54. The van der Waals surface area contributed by atoms with Crippen molar-refractivity contribution in [3.8, 4) is 6.07 Å². The van der Waals surface area contributed by atoms with Gasteiger partial charge in [0.05, 0.1) is 11.1 Å². The van der Waals surface area contributed by atoms with Crippen LogP contribution in [0.3, 0.4) is 0 Å². The molecule has 0 atom stereocenters. The molecule has 0 N–H and O–H groups in total. The summed E-state index contributed by atoms with van der Waals surface area (Å²) in [5.74, 6) is 0.570. The molecule has 2 nitrogen and oxygen atoms in total. The Labute approximate surface area is 110 Å². The summed E-state index contributed by atoms with van der Waals surface area (Å²) in [6.07, 6.45) is 2.14. The molecule has 88 valence electrons. The van der Waals surface area contributed by atoms with Gasteiger partial charge in [-0.2, -0.15) is 5.26 Å². The highest BCUT2D eigenvalue weighted by molar-refractivity contribution is 9.10. The molecule has 0 saturated carbocycles. The average Bonchev–Trinajstić information content (AvgIpc) is 2.54. The lowest BCUT2D eigenvalue weighted by atomic mass is 10.1. The van der Waals surface area contributed by atoms with E-state index >= 15 is 0 Å². The van der Waals surface area contributed by atoms with Gasteiger partial charge in [0, 0.05) is 22.6 Å². The summed E-state index contributed by atoms with van der Waals surface area (Å²) >= 11 is 3.46. The van der Waals surface area contributed by atoms with E-state index in [1.807, 2.05) is 6.07 Å². The van der Waals surface area contributed by atoms with Gasteiger partial charge in [-0.15, -0.1) is 0 Å². The SMILES string of the molecule is Cc1cn(CC(C)C)c2c(C#N)cc(Br)cc12. The zero-order valence-corrected chi connectivity index (χ0v) is 11.9. The van der Waals surface area contributed by atoms with E-state index in [4.69, 9.17) is 0 Å². The normalized spacial score (nSPS) is 11.1. The van der Waals surface area contributed by atoms with E-state index in [9.17, 15) is 5.26 Å². The largest absolute Gasteiger partial charge is 0.346 e. The third-order valence-electron chi connectivity index (χ3n) is 2.82. The maximum atomic E-state index is 9.24. The fourth-order valence-corrected chi connectivity index (χ4v) is 2.66. The summed E-state index contributed by atoms with van der Waals surface area (Å²) < 4.78 is 3.16. The van der Waals surface area contributed by atoms with Gasteiger partial charge in [0.2, 0.25) is 0 Å². The Balaban J connectivity index is 2.75. The van der Waals surface area contributed by atoms with Crippen LogP contribution in [0.1, 0.15) is 25.0 Å². The van der Waals surface area contributed by atoms with Gasteiger partial charge in [-0.1, -0.05) is 29.8 Å². The molecule has 0 saturated heterocycles. The summed E-state index contributed by atoms with van der Waals surface area (Å²) in [5.41, 5.74) is 3.02. The second-order valence-electron chi connectivity index (χ2n) is 4.82. The first-order chi connectivity index (χ1) is 8.02. The van der Waals surface area contributed by atoms with Gasteiger partial charge in [-0.25, -0.2) is 0 Å². The van der Waals surface area contributed by atoms with Crippen LogP contribution in [0, 0.1) is 24.2 Å². The van der Waals surface area contributed by atoms with Crippen LogP contribution in [0.25, 0.3) is 10.9 Å². The first-order valence-electron chi connectivity index (χ1n) is 5.72. The summed E-state index contributed by atoms with van der Waals surface area (Å²) in [6.45, 7) is 7.41. The lowest BCUT2D eigenvalue weighted by Gasteiger charge is -2.09. The van der Waals surface area contributed by atoms with Crippen molar-refractivity contribution < 1.29 is 0 Å². The Morgan fingerprint density at radius 1 is 1.41 bits per heavy atom. The Morgan fingerprint density at radius 3 is 2.71 bits per heavy atom. The second-order valence-corrected chi connectivity index (χ2v) is 5.74. The summed E-state index contributed by atoms with van der Waals surface area (Å²) in [5, 5.41) is 10.4. The Hall–Kier alpha value is -1.27. The van der Waals surface area contributed by atoms with Gasteiger partial charge in [-0.05, 0) is 30.5 Å².